The van der Waals surface area contributed by atoms with E-state index in [0.717, 1.165) is 11.3 Å². The summed E-state index contributed by atoms with van der Waals surface area (Å²) in [4.78, 5) is 11.6. The molecule has 0 unspecified atom stereocenters. The largest absolute Gasteiger partial charge is 0.480 e. The zero-order valence-corrected chi connectivity index (χ0v) is 10.7. The number of aliphatic carboxylic acids is 1. The SMILES string of the molecule is C#Cc1cccc(NC2(C(=O)O)CCC(N)CC2)c1. The Labute approximate surface area is 113 Å². The summed E-state index contributed by atoms with van der Waals surface area (Å²) >= 11 is 0. The average Bonchev–Trinajstić information content (AvgIpc) is 2.41. The van der Waals surface area contributed by atoms with Crippen molar-refractivity contribution in [2.24, 2.45) is 5.73 Å². The Morgan fingerprint density at radius 2 is 2.16 bits per heavy atom. The second-order valence-electron chi connectivity index (χ2n) is 5.07. The molecule has 0 heterocycles. The van der Waals surface area contributed by atoms with Gasteiger partial charge in [0.25, 0.3) is 0 Å². The summed E-state index contributed by atoms with van der Waals surface area (Å²) in [5.74, 6) is 1.72. The highest BCUT2D eigenvalue weighted by molar-refractivity contribution is 5.83. The van der Waals surface area contributed by atoms with Gasteiger partial charge in [-0.05, 0) is 43.9 Å². The fourth-order valence-corrected chi connectivity index (χ4v) is 2.49. The molecule has 1 aromatic rings. The minimum absolute atomic E-state index is 0.103. The van der Waals surface area contributed by atoms with Crippen molar-refractivity contribution in [3.8, 4) is 12.3 Å². The molecule has 1 aliphatic carbocycles. The van der Waals surface area contributed by atoms with Gasteiger partial charge < -0.3 is 16.2 Å². The lowest BCUT2D eigenvalue weighted by Crippen LogP contribution is -2.51. The Morgan fingerprint density at radius 1 is 1.47 bits per heavy atom. The molecule has 1 fully saturated rings. The monoisotopic (exact) mass is 258 g/mol. The first-order valence-corrected chi connectivity index (χ1v) is 6.39. The number of rotatable bonds is 3. The van der Waals surface area contributed by atoms with Gasteiger partial charge in [-0.1, -0.05) is 12.0 Å². The van der Waals surface area contributed by atoms with Crippen molar-refractivity contribution in [2.45, 2.75) is 37.3 Å². The van der Waals surface area contributed by atoms with Crippen molar-refractivity contribution in [1.29, 1.82) is 0 Å². The molecule has 1 aliphatic rings. The van der Waals surface area contributed by atoms with Gasteiger partial charge in [-0.2, -0.15) is 0 Å². The third kappa shape index (κ3) is 2.88. The standard InChI is InChI=1S/C15H18N2O2/c1-2-11-4-3-5-13(10-11)17-15(14(18)19)8-6-12(16)7-9-15/h1,3-5,10,12,17H,6-9,16H2,(H,18,19). The molecule has 1 aromatic carbocycles. The van der Waals surface area contributed by atoms with Gasteiger partial charge in [0.05, 0.1) is 0 Å². The zero-order valence-electron chi connectivity index (χ0n) is 10.7. The molecule has 0 atom stereocenters. The summed E-state index contributed by atoms with van der Waals surface area (Å²) in [6.45, 7) is 0. The highest BCUT2D eigenvalue weighted by Crippen LogP contribution is 2.31. The van der Waals surface area contributed by atoms with Crippen LogP contribution in [0.2, 0.25) is 0 Å². The Hall–Kier alpha value is -1.99. The second-order valence-corrected chi connectivity index (χ2v) is 5.07. The molecule has 0 radical (unpaired) electrons. The highest BCUT2D eigenvalue weighted by Gasteiger charge is 2.41. The summed E-state index contributed by atoms with van der Waals surface area (Å²) in [6, 6.07) is 7.36. The average molecular weight is 258 g/mol. The second kappa shape index (κ2) is 5.33. The summed E-state index contributed by atoms with van der Waals surface area (Å²) in [6.07, 6.45) is 7.85. The molecular formula is C15H18N2O2. The smallest absolute Gasteiger partial charge is 0.329 e. The Balaban J connectivity index is 2.22. The molecular weight excluding hydrogens is 240 g/mol. The molecule has 19 heavy (non-hydrogen) atoms. The van der Waals surface area contributed by atoms with Gasteiger partial charge in [-0.15, -0.1) is 6.42 Å². The number of nitrogens with two attached hydrogens (primary N) is 1. The third-order valence-corrected chi connectivity index (χ3v) is 3.71. The van der Waals surface area contributed by atoms with Crippen LogP contribution in [-0.2, 0) is 4.79 Å². The molecule has 0 aromatic heterocycles. The van der Waals surface area contributed by atoms with Crippen molar-refractivity contribution >= 4 is 11.7 Å². The number of terminal acetylenes is 1. The number of carboxylic acids is 1. The maximum Gasteiger partial charge on any atom is 0.329 e. The number of anilines is 1. The van der Waals surface area contributed by atoms with Crippen molar-refractivity contribution in [2.75, 3.05) is 5.32 Å². The molecule has 2 rings (SSSR count). The highest BCUT2D eigenvalue weighted by atomic mass is 16.4. The van der Waals surface area contributed by atoms with Gasteiger partial charge in [0.15, 0.2) is 0 Å². The Morgan fingerprint density at radius 3 is 2.74 bits per heavy atom. The fraction of sp³-hybridized carbons (Fsp3) is 0.400. The molecule has 4 nitrogen and oxygen atoms in total. The van der Waals surface area contributed by atoms with Gasteiger partial charge in [0, 0.05) is 17.3 Å². The number of carbonyl (C=O) groups is 1. The molecule has 0 amide bonds. The molecule has 0 aliphatic heterocycles. The van der Waals surface area contributed by atoms with Crippen molar-refractivity contribution < 1.29 is 9.90 Å². The first kappa shape index (κ1) is 13.4. The molecule has 1 saturated carbocycles. The fourth-order valence-electron chi connectivity index (χ4n) is 2.49. The number of nitrogens with one attached hydrogen (secondary N) is 1. The number of hydrogen-bond acceptors (Lipinski definition) is 3. The van der Waals surface area contributed by atoms with E-state index in [1.165, 1.54) is 0 Å². The van der Waals surface area contributed by atoms with Crippen LogP contribution in [0.4, 0.5) is 5.69 Å². The zero-order chi connectivity index (χ0) is 13.9. The first-order chi connectivity index (χ1) is 9.05. The van der Waals surface area contributed by atoms with Crippen LogP contribution >= 0.6 is 0 Å². The molecule has 4 heteroatoms. The Bertz CT molecular complexity index is 511. The minimum atomic E-state index is -0.927. The van der Waals surface area contributed by atoms with Crippen molar-refractivity contribution in [3.05, 3.63) is 29.8 Å². The normalized spacial score (nSPS) is 26.4. The minimum Gasteiger partial charge on any atom is -0.480 e. The van der Waals surface area contributed by atoms with Crippen LogP contribution < -0.4 is 11.1 Å². The van der Waals surface area contributed by atoms with Crippen LogP contribution in [-0.4, -0.2) is 22.7 Å². The predicted octanol–water partition coefficient (Wildman–Crippen LogP) is 1.80. The van der Waals surface area contributed by atoms with Crippen LogP contribution in [0.15, 0.2) is 24.3 Å². The predicted molar refractivity (Wildman–Crippen MR) is 74.8 cm³/mol. The van der Waals surface area contributed by atoms with E-state index in [9.17, 15) is 9.90 Å². The van der Waals surface area contributed by atoms with Gasteiger partial charge >= 0.3 is 5.97 Å². The lowest BCUT2D eigenvalue weighted by atomic mass is 9.79. The maximum atomic E-state index is 11.6. The Kier molecular flexibility index (Phi) is 3.77. The van der Waals surface area contributed by atoms with E-state index >= 15 is 0 Å². The van der Waals surface area contributed by atoms with Crippen LogP contribution in [0.5, 0.6) is 0 Å². The summed E-state index contributed by atoms with van der Waals surface area (Å²) in [7, 11) is 0. The van der Waals surface area contributed by atoms with Crippen molar-refractivity contribution in [1.82, 2.24) is 0 Å². The van der Waals surface area contributed by atoms with Gasteiger partial charge in [0.2, 0.25) is 0 Å². The van der Waals surface area contributed by atoms with Crippen LogP contribution in [0.1, 0.15) is 31.2 Å². The van der Waals surface area contributed by atoms with E-state index < -0.39 is 11.5 Å². The topological polar surface area (TPSA) is 75.3 Å². The quantitative estimate of drug-likeness (QED) is 0.723. The summed E-state index contributed by atoms with van der Waals surface area (Å²) in [5, 5.41) is 12.7. The lowest BCUT2D eigenvalue weighted by Gasteiger charge is -2.37. The maximum absolute atomic E-state index is 11.6. The molecule has 100 valence electrons. The van der Waals surface area contributed by atoms with Gasteiger partial charge in [-0.25, -0.2) is 4.79 Å². The summed E-state index contributed by atoms with van der Waals surface area (Å²) in [5.41, 5.74) is 6.40. The van der Waals surface area contributed by atoms with Crippen molar-refractivity contribution in [3.63, 3.8) is 0 Å². The van der Waals surface area contributed by atoms with E-state index in [0.29, 0.717) is 25.7 Å². The number of carboxylic acid groups (broad SMARTS) is 1. The molecule has 0 spiro atoms. The van der Waals surface area contributed by atoms with E-state index in [4.69, 9.17) is 12.2 Å². The molecule has 0 saturated heterocycles. The number of benzene rings is 1. The van der Waals surface area contributed by atoms with Crippen LogP contribution in [0.3, 0.4) is 0 Å². The van der Waals surface area contributed by atoms with Crippen LogP contribution in [0, 0.1) is 12.3 Å². The molecule has 4 N–H and O–H groups in total. The third-order valence-electron chi connectivity index (χ3n) is 3.71. The first-order valence-electron chi connectivity index (χ1n) is 6.39. The lowest BCUT2D eigenvalue weighted by molar-refractivity contribution is -0.143. The molecule has 0 bridgehead atoms. The van der Waals surface area contributed by atoms with Gasteiger partial charge in [0.1, 0.15) is 5.54 Å². The van der Waals surface area contributed by atoms with E-state index in [1.54, 1.807) is 6.07 Å². The van der Waals surface area contributed by atoms with E-state index in [1.807, 2.05) is 18.2 Å². The number of hydrogen-bond donors (Lipinski definition) is 3. The van der Waals surface area contributed by atoms with E-state index in [2.05, 4.69) is 11.2 Å². The van der Waals surface area contributed by atoms with E-state index in [-0.39, 0.29) is 6.04 Å². The summed E-state index contributed by atoms with van der Waals surface area (Å²) < 4.78 is 0. The van der Waals surface area contributed by atoms with Crippen LogP contribution in [0.25, 0.3) is 0 Å². The van der Waals surface area contributed by atoms with Gasteiger partial charge in [-0.3, -0.25) is 0 Å².